The Morgan fingerprint density at radius 1 is 1.31 bits per heavy atom. The summed E-state index contributed by atoms with van der Waals surface area (Å²) >= 11 is 0. The number of carbonyl (C=O) groups is 1. The van der Waals surface area contributed by atoms with Crippen LogP contribution < -0.4 is 0 Å². The molecule has 3 nitrogen and oxygen atoms in total. The van der Waals surface area contributed by atoms with Gasteiger partial charge in [-0.05, 0) is 11.6 Å². The molecule has 0 N–H and O–H groups in total. The molecule has 0 fully saturated rings. The molecule has 0 aromatic heterocycles. The van der Waals surface area contributed by atoms with E-state index in [-0.39, 0.29) is 16.0 Å². The molecular weight excluding hydrogens is 238 g/mol. The molecule has 0 spiro atoms. The number of hydrogen-bond acceptors (Lipinski definition) is 3. The lowest BCUT2D eigenvalue weighted by Gasteiger charge is -2.05. The fraction of sp³-hybridized carbons (Fsp3) is 0.300. The predicted molar refractivity (Wildman–Crippen MR) is 52.5 cm³/mol. The highest BCUT2D eigenvalue weighted by molar-refractivity contribution is 7.90. The smallest absolute Gasteiger partial charge is 0.287 e. The first-order chi connectivity index (χ1) is 7.23. The number of fused-ring (bicyclic) bond motifs is 1. The molecule has 86 valence electrons. The van der Waals surface area contributed by atoms with E-state index in [9.17, 15) is 22.0 Å². The van der Waals surface area contributed by atoms with E-state index in [1.165, 1.54) is 18.2 Å². The summed E-state index contributed by atoms with van der Waals surface area (Å²) in [6.45, 7) is 0. The molecule has 16 heavy (non-hydrogen) atoms. The number of sulfone groups is 1. The Hall–Kier alpha value is -1.30. The standard InChI is InChI=1S/C10H8F2O3S/c1-16(14,15)7-4-2-3-6-5-10(11,12)9(13)8(6)7/h2-4H,5H2,1H3. The highest BCUT2D eigenvalue weighted by Crippen LogP contribution is 2.37. The molecule has 0 heterocycles. The van der Waals surface area contributed by atoms with E-state index in [0.717, 1.165) is 6.26 Å². The van der Waals surface area contributed by atoms with Crippen molar-refractivity contribution in [3.8, 4) is 0 Å². The van der Waals surface area contributed by atoms with Gasteiger partial charge in [-0.2, -0.15) is 8.78 Å². The Morgan fingerprint density at radius 2 is 1.94 bits per heavy atom. The van der Waals surface area contributed by atoms with E-state index >= 15 is 0 Å². The van der Waals surface area contributed by atoms with Crippen LogP contribution in [0.4, 0.5) is 8.78 Å². The highest BCUT2D eigenvalue weighted by Gasteiger charge is 2.48. The summed E-state index contributed by atoms with van der Waals surface area (Å²) in [5.74, 6) is -4.88. The number of Topliss-reactive ketones (excluding diaryl/α,β-unsaturated/α-hetero) is 1. The Morgan fingerprint density at radius 3 is 2.50 bits per heavy atom. The topological polar surface area (TPSA) is 51.2 Å². The van der Waals surface area contributed by atoms with E-state index in [0.29, 0.717) is 0 Å². The Balaban J connectivity index is 2.75. The van der Waals surface area contributed by atoms with E-state index in [1.54, 1.807) is 0 Å². The summed E-state index contributed by atoms with van der Waals surface area (Å²) in [5, 5.41) is 0. The zero-order valence-electron chi connectivity index (χ0n) is 8.33. The molecule has 0 bridgehead atoms. The summed E-state index contributed by atoms with van der Waals surface area (Å²) in [7, 11) is -3.67. The van der Waals surface area contributed by atoms with Crippen LogP contribution in [-0.2, 0) is 16.3 Å². The first kappa shape index (κ1) is 11.2. The molecular formula is C10H8F2O3S. The van der Waals surface area contributed by atoms with Crippen LogP contribution in [0.15, 0.2) is 23.1 Å². The predicted octanol–water partition coefficient (Wildman–Crippen LogP) is 1.46. The van der Waals surface area contributed by atoms with Crippen LogP contribution in [0.3, 0.4) is 0 Å². The van der Waals surface area contributed by atoms with Gasteiger partial charge in [0, 0.05) is 18.2 Å². The van der Waals surface area contributed by atoms with E-state index in [4.69, 9.17) is 0 Å². The third kappa shape index (κ3) is 1.53. The fourth-order valence-electron chi connectivity index (χ4n) is 1.79. The summed E-state index contributed by atoms with van der Waals surface area (Å²) in [5.41, 5.74) is -0.257. The summed E-state index contributed by atoms with van der Waals surface area (Å²) < 4.78 is 49.0. The van der Waals surface area contributed by atoms with Gasteiger partial charge in [0.25, 0.3) is 0 Å². The van der Waals surface area contributed by atoms with Gasteiger partial charge in [-0.15, -0.1) is 0 Å². The van der Waals surface area contributed by atoms with E-state index in [2.05, 4.69) is 0 Å². The molecule has 0 saturated carbocycles. The van der Waals surface area contributed by atoms with Crippen LogP contribution in [0.1, 0.15) is 15.9 Å². The molecule has 0 unspecified atom stereocenters. The maximum Gasteiger partial charge on any atom is 0.313 e. The molecule has 0 radical (unpaired) electrons. The number of rotatable bonds is 1. The van der Waals surface area contributed by atoms with Gasteiger partial charge in [-0.1, -0.05) is 12.1 Å². The van der Waals surface area contributed by atoms with Crippen LogP contribution >= 0.6 is 0 Å². The normalized spacial score (nSPS) is 18.6. The quantitative estimate of drug-likeness (QED) is 0.753. The van der Waals surface area contributed by atoms with Crippen LogP contribution in [0, 0.1) is 0 Å². The van der Waals surface area contributed by atoms with E-state index < -0.39 is 28.0 Å². The first-order valence-corrected chi connectivity index (χ1v) is 6.37. The van der Waals surface area contributed by atoms with Crippen molar-refractivity contribution in [2.45, 2.75) is 17.2 Å². The molecule has 1 aromatic rings. The third-order valence-corrected chi connectivity index (χ3v) is 3.62. The van der Waals surface area contributed by atoms with Gasteiger partial charge in [0.1, 0.15) is 0 Å². The zero-order valence-corrected chi connectivity index (χ0v) is 9.14. The van der Waals surface area contributed by atoms with Gasteiger partial charge in [0.2, 0.25) is 5.78 Å². The van der Waals surface area contributed by atoms with Crippen LogP contribution in [-0.4, -0.2) is 26.4 Å². The van der Waals surface area contributed by atoms with Crippen molar-refractivity contribution >= 4 is 15.6 Å². The van der Waals surface area contributed by atoms with E-state index in [1.807, 2.05) is 0 Å². The third-order valence-electron chi connectivity index (χ3n) is 2.48. The Kier molecular flexibility index (Phi) is 2.17. The largest absolute Gasteiger partial charge is 0.313 e. The van der Waals surface area contributed by atoms with Crippen molar-refractivity contribution in [2.75, 3.05) is 6.26 Å². The summed E-state index contributed by atoms with van der Waals surface area (Å²) in [6, 6.07) is 3.89. The Bertz CT molecular complexity index is 576. The van der Waals surface area contributed by atoms with Crippen molar-refractivity contribution in [1.29, 1.82) is 0 Å². The Labute approximate surface area is 91.0 Å². The average Bonchev–Trinajstić information content (AvgIpc) is 2.36. The number of alkyl halides is 2. The second kappa shape index (κ2) is 3.10. The molecule has 0 saturated heterocycles. The zero-order chi connectivity index (χ0) is 12.1. The lowest BCUT2D eigenvalue weighted by molar-refractivity contribution is 0.0166. The molecule has 0 amide bonds. The van der Waals surface area contributed by atoms with Gasteiger partial charge in [0.15, 0.2) is 9.84 Å². The number of hydrogen-bond donors (Lipinski definition) is 0. The van der Waals surface area contributed by atoms with Crippen molar-refractivity contribution in [3.05, 3.63) is 29.3 Å². The minimum absolute atomic E-state index is 0.0953. The maximum atomic E-state index is 13.2. The second-order valence-electron chi connectivity index (χ2n) is 3.77. The lowest BCUT2D eigenvalue weighted by Crippen LogP contribution is -2.24. The van der Waals surface area contributed by atoms with Crippen molar-refractivity contribution in [1.82, 2.24) is 0 Å². The number of ketones is 1. The molecule has 0 atom stereocenters. The van der Waals surface area contributed by atoms with Crippen molar-refractivity contribution < 1.29 is 22.0 Å². The van der Waals surface area contributed by atoms with Crippen molar-refractivity contribution in [2.24, 2.45) is 0 Å². The lowest BCUT2D eigenvalue weighted by atomic mass is 10.1. The number of carbonyl (C=O) groups excluding carboxylic acids is 1. The molecule has 1 aliphatic rings. The van der Waals surface area contributed by atoms with Crippen LogP contribution in [0.2, 0.25) is 0 Å². The number of halogens is 2. The minimum atomic E-state index is -3.67. The second-order valence-corrected chi connectivity index (χ2v) is 5.76. The minimum Gasteiger partial charge on any atom is -0.287 e. The first-order valence-electron chi connectivity index (χ1n) is 4.48. The molecule has 2 rings (SSSR count). The molecule has 0 aliphatic heterocycles. The SMILES string of the molecule is CS(=O)(=O)c1cccc2c1C(=O)C(F)(F)C2. The van der Waals surface area contributed by atoms with Gasteiger partial charge >= 0.3 is 5.92 Å². The van der Waals surface area contributed by atoms with Crippen LogP contribution in [0.25, 0.3) is 0 Å². The molecule has 1 aliphatic carbocycles. The van der Waals surface area contributed by atoms with Gasteiger partial charge in [-0.25, -0.2) is 8.42 Å². The highest BCUT2D eigenvalue weighted by atomic mass is 32.2. The maximum absolute atomic E-state index is 13.2. The average molecular weight is 246 g/mol. The molecule has 1 aromatic carbocycles. The van der Waals surface area contributed by atoms with Gasteiger partial charge in [-0.3, -0.25) is 4.79 Å². The number of benzene rings is 1. The fourth-order valence-corrected chi connectivity index (χ4v) is 2.71. The summed E-state index contributed by atoms with van der Waals surface area (Å²) in [4.78, 5) is 11.1. The van der Waals surface area contributed by atoms with Gasteiger partial charge in [0.05, 0.1) is 4.90 Å². The van der Waals surface area contributed by atoms with Crippen molar-refractivity contribution in [3.63, 3.8) is 0 Å². The molecule has 6 heteroatoms. The van der Waals surface area contributed by atoms with Crippen LogP contribution in [0.5, 0.6) is 0 Å². The monoisotopic (exact) mass is 246 g/mol. The van der Waals surface area contributed by atoms with Gasteiger partial charge < -0.3 is 0 Å². The summed E-state index contributed by atoms with van der Waals surface area (Å²) in [6.07, 6.45) is 0.177.